The molecule has 90 valence electrons. The molecule has 1 heterocycles. The fraction of sp³-hybridized carbons (Fsp3) is 0.417. The van der Waals surface area contributed by atoms with Crippen molar-refractivity contribution in [1.29, 1.82) is 5.26 Å². The highest BCUT2D eigenvalue weighted by atomic mass is 16.7. The Labute approximate surface area is 99.8 Å². The number of aliphatic hydroxyl groups excluding tert-OH is 1. The number of nitriles is 1. The molecule has 2 rings (SSSR count). The molecule has 1 N–H and O–H groups in total. The smallest absolute Gasteiger partial charge is 0.231 e. The first-order chi connectivity index (χ1) is 8.26. The Balaban J connectivity index is 2.23. The predicted octanol–water partition coefficient (Wildman–Crippen LogP) is 0.904. The summed E-state index contributed by atoms with van der Waals surface area (Å²) in [6.07, 6.45) is 0. The third kappa shape index (κ3) is 2.33. The highest BCUT2D eigenvalue weighted by molar-refractivity contribution is 5.46. The maximum absolute atomic E-state index is 9.18. The fourth-order valence-electron chi connectivity index (χ4n) is 1.80. The zero-order chi connectivity index (χ0) is 12.3. The van der Waals surface area contributed by atoms with Crippen molar-refractivity contribution in [2.24, 2.45) is 0 Å². The first-order valence-corrected chi connectivity index (χ1v) is 5.36. The molecule has 1 aliphatic rings. The number of hydrogen-bond donors (Lipinski definition) is 1. The van der Waals surface area contributed by atoms with Gasteiger partial charge in [0.25, 0.3) is 0 Å². The van der Waals surface area contributed by atoms with Crippen LogP contribution in [0.25, 0.3) is 0 Å². The van der Waals surface area contributed by atoms with Gasteiger partial charge in [-0.2, -0.15) is 5.26 Å². The average molecular weight is 234 g/mol. The van der Waals surface area contributed by atoms with E-state index in [2.05, 4.69) is 6.07 Å². The molecule has 1 aromatic rings. The number of fused-ring (bicyclic) bond motifs is 1. The summed E-state index contributed by atoms with van der Waals surface area (Å²) in [7, 11) is 1.80. The van der Waals surface area contributed by atoms with Gasteiger partial charge in [-0.3, -0.25) is 4.90 Å². The zero-order valence-electron chi connectivity index (χ0n) is 9.59. The highest BCUT2D eigenvalue weighted by Gasteiger charge is 2.20. The SMILES string of the molecule is CN(CCO)C(C#N)c1ccc2c(c1)OCO2. The van der Waals surface area contributed by atoms with Crippen LogP contribution in [0.2, 0.25) is 0 Å². The van der Waals surface area contributed by atoms with Gasteiger partial charge in [0.1, 0.15) is 6.04 Å². The van der Waals surface area contributed by atoms with Crippen LogP contribution in [0.1, 0.15) is 11.6 Å². The van der Waals surface area contributed by atoms with Gasteiger partial charge in [-0.1, -0.05) is 6.07 Å². The van der Waals surface area contributed by atoms with E-state index < -0.39 is 6.04 Å². The topological polar surface area (TPSA) is 65.7 Å². The molecule has 17 heavy (non-hydrogen) atoms. The van der Waals surface area contributed by atoms with Gasteiger partial charge in [0, 0.05) is 6.54 Å². The Hall–Kier alpha value is -1.77. The minimum atomic E-state index is -0.392. The number of likely N-dealkylation sites (N-methyl/N-ethyl adjacent to an activating group) is 1. The molecule has 1 aliphatic heterocycles. The van der Waals surface area contributed by atoms with Crippen LogP contribution in [-0.4, -0.2) is 37.0 Å². The second kappa shape index (κ2) is 5.04. The van der Waals surface area contributed by atoms with Crippen molar-refractivity contribution in [1.82, 2.24) is 4.90 Å². The lowest BCUT2D eigenvalue weighted by molar-refractivity contribution is 0.173. The van der Waals surface area contributed by atoms with Crippen LogP contribution in [0, 0.1) is 11.3 Å². The number of hydrogen-bond acceptors (Lipinski definition) is 5. The summed E-state index contributed by atoms with van der Waals surface area (Å²) < 4.78 is 10.5. The van der Waals surface area contributed by atoms with Crippen LogP contribution < -0.4 is 9.47 Å². The van der Waals surface area contributed by atoms with Crippen molar-refractivity contribution >= 4 is 0 Å². The van der Waals surface area contributed by atoms with Crippen LogP contribution in [0.15, 0.2) is 18.2 Å². The van der Waals surface area contributed by atoms with Gasteiger partial charge in [-0.25, -0.2) is 0 Å². The van der Waals surface area contributed by atoms with Crippen molar-refractivity contribution in [3.05, 3.63) is 23.8 Å². The van der Waals surface area contributed by atoms with E-state index in [1.54, 1.807) is 18.0 Å². The Morgan fingerprint density at radius 1 is 1.47 bits per heavy atom. The van der Waals surface area contributed by atoms with Crippen LogP contribution in [0.5, 0.6) is 11.5 Å². The summed E-state index contributed by atoms with van der Waals surface area (Å²) in [5.74, 6) is 1.37. The van der Waals surface area contributed by atoms with E-state index in [0.29, 0.717) is 18.0 Å². The molecule has 0 bridgehead atoms. The van der Waals surface area contributed by atoms with Gasteiger partial charge in [-0.15, -0.1) is 0 Å². The van der Waals surface area contributed by atoms with Crippen molar-refractivity contribution in [3.8, 4) is 17.6 Å². The maximum Gasteiger partial charge on any atom is 0.231 e. The quantitative estimate of drug-likeness (QED) is 0.838. The molecule has 0 saturated heterocycles. The molecule has 0 radical (unpaired) electrons. The standard InChI is InChI=1S/C12H14N2O3/c1-14(4-5-15)10(7-13)9-2-3-11-12(6-9)17-8-16-11/h2-3,6,10,15H,4-5,8H2,1H3. The van der Waals surface area contributed by atoms with E-state index in [4.69, 9.17) is 14.6 Å². The van der Waals surface area contributed by atoms with Gasteiger partial charge < -0.3 is 14.6 Å². The molecular formula is C12H14N2O3. The molecule has 5 heteroatoms. The molecular weight excluding hydrogens is 220 g/mol. The second-order valence-electron chi connectivity index (χ2n) is 3.85. The summed E-state index contributed by atoms with van der Waals surface area (Å²) >= 11 is 0. The van der Waals surface area contributed by atoms with Crippen molar-refractivity contribution in [3.63, 3.8) is 0 Å². The maximum atomic E-state index is 9.18. The monoisotopic (exact) mass is 234 g/mol. The highest BCUT2D eigenvalue weighted by Crippen LogP contribution is 2.34. The molecule has 0 amide bonds. The lowest BCUT2D eigenvalue weighted by Gasteiger charge is -2.21. The summed E-state index contributed by atoms with van der Waals surface area (Å²) in [6, 6.07) is 7.27. The Morgan fingerprint density at radius 3 is 2.94 bits per heavy atom. The normalized spacial score (nSPS) is 14.7. The van der Waals surface area contributed by atoms with E-state index in [-0.39, 0.29) is 13.4 Å². The number of rotatable bonds is 4. The van der Waals surface area contributed by atoms with E-state index in [9.17, 15) is 5.26 Å². The van der Waals surface area contributed by atoms with Crippen LogP contribution in [0.3, 0.4) is 0 Å². The third-order valence-electron chi connectivity index (χ3n) is 2.73. The largest absolute Gasteiger partial charge is 0.454 e. The number of benzene rings is 1. The van der Waals surface area contributed by atoms with Crippen molar-refractivity contribution in [2.75, 3.05) is 27.0 Å². The van der Waals surface area contributed by atoms with Gasteiger partial charge in [-0.05, 0) is 24.7 Å². The summed E-state index contributed by atoms with van der Waals surface area (Å²) in [5, 5.41) is 18.1. The third-order valence-corrected chi connectivity index (χ3v) is 2.73. The second-order valence-corrected chi connectivity index (χ2v) is 3.85. The summed E-state index contributed by atoms with van der Waals surface area (Å²) in [4.78, 5) is 1.79. The lowest BCUT2D eigenvalue weighted by Crippen LogP contribution is -2.26. The van der Waals surface area contributed by atoms with E-state index >= 15 is 0 Å². The van der Waals surface area contributed by atoms with E-state index in [0.717, 1.165) is 5.56 Å². The first kappa shape index (κ1) is 11.7. The lowest BCUT2D eigenvalue weighted by atomic mass is 10.1. The summed E-state index contributed by atoms with van der Waals surface area (Å²) in [5.41, 5.74) is 0.840. The molecule has 1 aromatic carbocycles. The van der Waals surface area contributed by atoms with Crippen LogP contribution >= 0.6 is 0 Å². The molecule has 0 aliphatic carbocycles. The van der Waals surface area contributed by atoms with E-state index in [1.165, 1.54) is 0 Å². The number of nitrogens with zero attached hydrogens (tertiary/aromatic N) is 2. The predicted molar refractivity (Wildman–Crippen MR) is 60.6 cm³/mol. The zero-order valence-corrected chi connectivity index (χ0v) is 9.59. The molecule has 5 nitrogen and oxygen atoms in total. The average Bonchev–Trinajstić information content (AvgIpc) is 2.77. The van der Waals surface area contributed by atoms with Gasteiger partial charge >= 0.3 is 0 Å². The van der Waals surface area contributed by atoms with Gasteiger partial charge in [0.2, 0.25) is 6.79 Å². The minimum Gasteiger partial charge on any atom is -0.454 e. The van der Waals surface area contributed by atoms with Crippen LogP contribution in [0.4, 0.5) is 0 Å². The van der Waals surface area contributed by atoms with Crippen molar-refractivity contribution < 1.29 is 14.6 Å². The Kier molecular flexibility index (Phi) is 3.47. The van der Waals surface area contributed by atoms with E-state index in [1.807, 2.05) is 12.1 Å². The fourth-order valence-corrected chi connectivity index (χ4v) is 1.80. The first-order valence-electron chi connectivity index (χ1n) is 5.36. The number of ether oxygens (including phenoxy) is 2. The molecule has 0 spiro atoms. The molecule has 0 fully saturated rings. The van der Waals surface area contributed by atoms with Crippen molar-refractivity contribution in [2.45, 2.75) is 6.04 Å². The number of aliphatic hydroxyl groups is 1. The Morgan fingerprint density at radius 2 is 2.24 bits per heavy atom. The molecule has 1 atom stereocenters. The molecule has 1 unspecified atom stereocenters. The van der Waals surface area contributed by atoms with Gasteiger partial charge in [0.15, 0.2) is 11.5 Å². The summed E-state index contributed by atoms with van der Waals surface area (Å²) in [6.45, 7) is 0.703. The van der Waals surface area contributed by atoms with Crippen LogP contribution in [-0.2, 0) is 0 Å². The molecule has 0 aromatic heterocycles. The minimum absolute atomic E-state index is 0.0270. The van der Waals surface area contributed by atoms with Gasteiger partial charge in [0.05, 0.1) is 12.7 Å². The Bertz CT molecular complexity index is 442. The molecule has 0 saturated carbocycles.